The van der Waals surface area contributed by atoms with Gasteiger partial charge in [-0.3, -0.25) is 29.1 Å². The number of carbonyl (C=O) groups is 3. The van der Waals surface area contributed by atoms with Gasteiger partial charge < -0.3 is 14.2 Å². The first-order valence-corrected chi connectivity index (χ1v) is 19.9. The Hall–Kier alpha value is -1.71. The quantitative estimate of drug-likeness (QED) is 0.152. The lowest BCUT2D eigenvalue weighted by Gasteiger charge is -2.38. The van der Waals surface area contributed by atoms with E-state index in [0.717, 1.165) is 32.1 Å². The minimum Gasteiger partial charge on any atom is -0.465 e. The number of rotatable bonds is 12. The summed E-state index contributed by atoms with van der Waals surface area (Å²) in [6.07, 6.45) is 6.10. The Labute approximate surface area is 311 Å². The smallest absolute Gasteiger partial charge is 0.306 e. The average Bonchev–Trinajstić information content (AvgIpc) is 3.36. The molecular formula is C42H75N3O6. The van der Waals surface area contributed by atoms with E-state index < -0.39 is 0 Å². The van der Waals surface area contributed by atoms with Crippen LogP contribution < -0.4 is 0 Å². The van der Waals surface area contributed by atoms with Crippen LogP contribution in [-0.2, 0) is 28.6 Å². The number of esters is 3. The first-order valence-electron chi connectivity index (χ1n) is 19.9. The summed E-state index contributed by atoms with van der Waals surface area (Å²) < 4.78 is 17.9. The van der Waals surface area contributed by atoms with Crippen molar-refractivity contribution in [1.82, 2.24) is 14.7 Å². The molecule has 6 unspecified atom stereocenters. The molecule has 4 aliphatic rings. The average molecular weight is 718 g/mol. The van der Waals surface area contributed by atoms with Gasteiger partial charge in [-0.2, -0.15) is 0 Å². The van der Waals surface area contributed by atoms with Gasteiger partial charge in [-0.15, -0.1) is 0 Å². The number of hydrogen-bond donors (Lipinski definition) is 0. The molecule has 1 aliphatic carbocycles. The lowest BCUT2D eigenvalue weighted by Crippen LogP contribution is -2.47. The van der Waals surface area contributed by atoms with Crippen LogP contribution in [0.1, 0.15) is 141 Å². The van der Waals surface area contributed by atoms with Gasteiger partial charge in [-0.25, -0.2) is 0 Å². The number of likely N-dealkylation sites (tertiary alicyclic amines) is 3. The van der Waals surface area contributed by atoms with Gasteiger partial charge in [0, 0.05) is 70.2 Å². The van der Waals surface area contributed by atoms with E-state index in [-0.39, 0.29) is 99.5 Å². The predicted molar refractivity (Wildman–Crippen MR) is 203 cm³/mol. The molecule has 51 heavy (non-hydrogen) atoms. The van der Waals surface area contributed by atoms with E-state index in [2.05, 4.69) is 119 Å². The fourth-order valence-corrected chi connectivity index (χ4v) is 10.5. The molecule has 0 bridgehead atoms. The maximum atomic E-state index is 13.5. The second-order valence-corrected chi connectivity index (χ2v) is 20.6. The van der Waals surface area contributed by atoms with Crippen LogP contribution in [-0.4, -0.2) is 107 Å². The SMILES string of the molecule is CN1C(C)(C)CC(COC(=O)CC2CCC(CC(=O)OCC3CC(C)(C)N(C)C3(C)C)C(CC(=O)OCC3CC(C)(C)N(C)C3(C)C)C2)C1(C)C. The van der Waals surface area contributed by atoms with Crippen LogP contribution in [0.15, 0.2) is 0 Å². The summed E-state index contributed by atoms with van der Waals surface area (Å²) >= 11 is 0. The van der Waals surface area contributed by atoms with E-state index in [4.69, 9.17) is 14.2 Å². The maximum absolute atomic E-state index is 13.5. The second kappa shape index (κ2) is 14.8. The molecule has 0 spiro atoms. The zero-order valence-electron chi connectivity index (χ0n) is 35.2. The Bertz CT molecular complexity index is 1270. The zero-order valence-corrected chi connectivity index (χ0v) is 35.2. The molecule has 0 N–H and O–H groups in total. The number of hydrogen-bond acceptors (Lipinski definition) is 9. The van der Waals surface area contributed by atoms with Crippen molar-refractivity contribution >= 4 is 17.9 Å². The van der Waals surface area contributed by atoms with E-state index in [1.54, 1.807) is 0 Å². The lowest BCUT2D eigenvalue weighted by molar-refractivity contribution is -0.152. The zero-order chi connectivity index (χ0) is 38.5. The second-order valence-electron chi connectivity index (χ2n) is 20.6. The first kappa shape index (κ1) is 42.0. The molecule has 0 aromatic rings. The van der Waals surface area contributed by atoms with E-state index >= 15 is 0 Å². The number of nitrogens with zero attached hydrogens (tertiary/aromatic N) is 3. The van der Waals surface area contributed by atoms with Crippen LogP contribution in [0.2, 0.25) is 0 Å². The third-order valence-electron chi connectivity index (χ3n) is 15.5. The van der Waals surface area contributed by atoms with Crippen molar-refractivity contribution < 1.29 is 28.6 Å². The topological polar surface area (TPSA) is 88.6 Å². The molecule has 3 aliphatic heterocycles. The van der Waals surface area contributed by atoms with E-state index in [9.17, 15) is 14.4 Å². The molecule has 1 saturated carbocycles. The van der Waals surface area contributed by atoms with Gasteiger partial charge in [0.15, 0.2) is 0 Å². The number of ether oxygens (including phenoxy) is 3. The largest absolute Gasteiger partial charge is 0.465 e. The third kappa shape index (κ3) is 8.99. The molecule has 0 amide bonds. The summed E-state index contributed by atoms with van der Waals surface area (Å²) in [6, 6.07) is 0. The molecule has 4 fully saturated rings. The normalized spacial score (nSPS) is 33.9. The Kier molecular flexibility index (Phi) is 12.2. The van der Waals surface area contributed by atoms with E-state index in [0.29, 0.717) is 32.7 Å². The summed E-state index contributed by atoms with van der Waals surface area (Å²) in [5.41, 5.74) is -0.0634. The summed E-state index contributed by atoms with van der Waals surface area (Å²) in [6.45, 7) is 28.1. The Morgan fingerprint density at radius 2 is 0.804 bits per heavy atom. The Balaban J connectivity index is 1.36. The van der Waals surface area contributed by atoms with Crippen LogP contribution in [0.25, 0.3) is 0 Å². The molecule has 3 saturated heterocycles. The molecule has 0 aromatic carbocycles. The summed E-state index contributed by atoms with van der Waals surface area (Å²) in [4.78, 5) is 47.3. The molecule has 294 valence electrons. The molecule has 9 heteroatoms. The predicted octanol–water partition coefficient (Wildman–Crippen LogP) is 7.35. The highest BCUT2D eigenvalue weighted by molar-refractivity contribution is 5.72. The van der Waals surface area contributed by atoms with E-state index in [1.807, 2.05) is 0 Å². The highest BCUT2D eigenvalue weighted by Crippen LogP contribution is 2.47. The fourth-order valence-electron chi connectivity index (χ4n) is 10.5. The van der Waals surface area contributed by atoms with Gasteiger partial charge in [0.25, 0.3) is 0 Å². The van der Waals surface area contributed by atoms with Gasteiger partial charge >= 0.3 is 17.9 Å². The van der Waals surface area contributed by atoms with Crippen molar-refractivity contribution in [2.45, 2.75) is 174 Å². The van der Waals surface area contributed by atoms with Crippen molar-refractivity contribution in [1.29, 1.82) is 0 Å². The molecule has 0 aromatic heterocycles. The summed E-state index contributed by atoms with van der Waals surface area (Å²) in [5.74, 6) is 0.258. The van der Waals surface area contributed by atoms with Crippen LogP contribution in [0, 0.1) is 35.5 Å². The van der Waals surface area contributed by atoms with Gasteiger partial charge in [0.2, 0.25) is 0 Å². The highest BCUT2D eigenvalue weighted by Gasteiger charge is 2.52. The molecule has 3 heterocycles. The van der Waals surface area contributed by atoms with E-state index in [1.165, 1.54) is 0 Å². The van der Waals surface area contributed by atoms with Crippen LogP contribution >= 0.6 is 0 Å². The maximum Gasteiger partial charge on any atom is 0.306 e. The Morgan fingerprint density at radius 1 is 0.490 bits per heavy atom. The van der Waals surface area contributed by atoms with Gasteiger partial charge in [-0.05, 0) is 161 Å². The molecule has 9 nitrogen and oxygen atoms in total. The minimum atomic E-state index is -0.210. The monoisotopic (exact) mass is 718 g/mol. The van der Waals surface area contributed by atoms with Gasteiger partial charge in [-0.1, -0.05) is 0 Å². The van der Waals surface area contributed by atoms with Crippen LogP contribution in [0.4, 0.5) is 0 Å². The standard InChI is InChI=1S/C42H75N3O6/c1-37(2)22-31(40(7,8)43(37)13)25-49-34(46)19-28-16-17-29(20-35(47)50-26-32-23-38(3,4)44(14)41(32,9)10)30(18-28)21-36(48)51-27-33-24-39(5,6)45(15)42(33,11)12/h28-33H,16-27H2,1-15H3. The number of carbonyl (C=O) groups excluding carboxylic acids is 3. The van der Waals surface area contributed by atoms with Crippen molar-refractivity contribution in [3.8, 4) is 0 Å². The molecule has 6 atom stereocenters. The van der Waals surface area contributed by atoms with Crippen molar-refractivity contribution in [3.63, 3.8) is 0 Å². The lowest BCUT2D eigenvalue weighted by atomic mass is 9.70. The molecule has 0 radical (unpaired) electrons. The van der Waals surface area contributed by atoms with Crippen LogP contribution in [0.5, 0.6) is 0 Å². The van der Waals surface area contributed by atoms with Crippen molar-refractivity contribution in [2.24, 2.45) is 35.5 Å². The Morgan fingerprint density at radius 3 is 1.12 bits per heavy atom. The first-order chi connectivity index (χ1) is 23.2. The van der Waals surface area contributed by atoms with Gasteiger partial charge in [0.05, 0.1) is 19.8 Å². The highest BCUT2D eigenvalue weighted by atomic mass is 16.5. The molecule has 4 rings (SSSR count). The van der Waals surface area contributed by atoms with Crippen molar-refractivity contribution in [3.05, 3.63) is 0 Å². The minimum absolute atomic E-state index is 0.0121. The summed E-state index contributed by atoms with van der Waals surface area (Å²) in [7, 11) is 6.46. The van der Waals surface area contributed by atoms with Crippen molar-refractivity contribution in [2.75, 3.05) is 41.0 Å². The fraction of sp³-hybridized carbons (Fsp3) is 0.929. The third-order valence-corrected chi connectivity index (χ3v) is 15.5. The van der Waals surface area contributed by atoms with Crippen LogP contribution in [0.3, 0.4) is 0 Å². The van der Waals surface area contributed by atoms with Gasteiger partial charge in [0.1, 0.15) is 0 Å². The summed E-state index contributed by atoms with van der Waals surface area (Å²) in [5, 5.41) is 0. The molecular weight excluding hydrogens is 642 g/mol.